The van der Waals surface area contributed by atoms with E-state index in [0.29, 0.717) is 47.3 Å². The number of ether oxygens (including phenoxy) is 4. The maximum atomic E-state index is 11.9. The molecule has 0 spiro atoms. The lowest BCUT2D eigenvalue weighted by atomic mass is 9.82. The first-order chi connectivity index (χ1) is 20.6. The van der Waals surface area contributed by atoms with Gasteiger partial charge < -0.3 is 29.2 Å². The Morgan fingerprint density at radius 1 is 0.619 bits per heavy atom. The molecule has 212 valence electrons. The first kappa shape index (κ1) is 27.4. The summed E-state index contributed by atoms with van der Waals surface area (Å²) in [7, 11) is 0. The summed E-state index contributed by atoms with van der Waals surface area (Å²) in [6, 6.07) is 40.0. The SMILES string of the molecule is O[C@H]1c2ccc(OCc3ccccc3)cc2OC[C@@]1(O)c1ccc(OCc2ccccc2)cc1OCc1ccccc1. The van der Waals surface area contributed by atoms with Gasteiger partial charge in [-0.15, -0.1) is 0 Å². The molecular formula is C36H32O6. The van der Waals surface area contributed by atoms with Gasteiger partial charge in [0.05, 0.1) is 0 Å². The maximum Gasteiger partial charge on any atom is 0.157 e. The smallest absolute Gasteiger partial charge is 0.157 e. The first-order valence-electron chi connectivity index (χ1n) is 13.9. The van der Waals surface area contributed by atoms with E-state index in [2.05, 4.69) is 0 Å². The Balaban J connectivity index is 1.25. The lowest BCUT2D eigenvalue weighted by Gasteiger charge is -2.39. The lowest BCUT2D eigenvalue weighted by molar-refractivity contribution is -0.122. The van der Waals surface area contributed by atoms with E-state index in [4.69, 9.17) is 18.9 Å². The molecule has 0 bridgehead atoms. The van der Waals surface area contributed by atoms with Crippen LogP contribution in [-0.2, 0) is 25.4 Å². The number of aliphatic hydroxyl groups excluding tert-OH is 1. The van der Waals surface area contributed by atoms with Crippen molar-refractivity contribution in [3.05, 3.63) is 155 Å². The summed E-state index contributed by atoms with van der Waals surface area (Å²) in [5, 5.41) is 23.4. The predicted octanol–water partition coefficient (Wildman–Crippen LogP) is 6.74. The summed E-state index contributed by atoms with van der Waals surface area (Å²) in [5.74, 6) is 2.07. The number of hydrogen-bond acceptors (Lipinski definition) is 6. The van der Waals surface area contributed by atoms with E-state index in [0.717, 1.165) is 16.7 Å². The van der Waals surface area contributed by atoms with Crippen molar-refractivity contribution >= 4 is 0 Å². The van der Waals surface area contributed by atoms with E-state index in [1.54, 1.807) is 36.4 Å². The number of benzene rings is 5. The van der Waals surface area contributed by atoms with Crippen molar-refractivity contribution in [2.24, 2.45) is 0 Å². The molecule has 0 aromatic heterocycles. The van der Waals surface area contributed by atoms with Crippen LogP contribution in [0.15, 0.2) is 127 Å². The van der Waals surface area contributed by atoms with E-state index in [-0.39, 0.29) is 13.2 Å². The van der Waals surface area contributed by atoms with Crippen LogP contribution < -0.4 is 18.9 Å². The summed E-state index contributed by atoms with van der Waals surface area (Å²) in [6.07, 6.45) is -1.26. The molecule has 0 fully saturated rings. The van der Waals surface area contributed by atoms with Crippen LogP contribution in [0.3, 0.4) is 0 Å². The van der Waals surface area contributed by atoms with Gasteiger partial charge >= 0.3 is 0 Å². The number of hydrogen-bond donors (Lipinski definition) is 2. The summed E-state index contributed by atoms with van der Waals surface area (Å²) in [4.78, 5) is 0. The van der Waals surface area contributed by atoms with Gasteiger partial charge in [-0.2, -0.15) is 0 Å². The zero-order valence-corrected chi connectivity index (χ0v) is 23.1. The van der Waals surface area contributed by atoms with Gasteiger partial charge in [-0.05, 0) is 41.0 Å². The highest BCUT2D eigenvalue weighted by atomic mass is 16.5. The van der Waals surface area contributed by atoms with Gasteiger partial charge in [0.15, 0.2) is 5.60 Å². The minimum Gasteiger partial charge on any atom is -0.490 e. The highest BCUT2D eigenvalue weighted by molar-refractivity contribution is 5.50. The zero-order chi connectivity index (χ0) is 28.8. The molecule has 0 unspecified atom stereocenters. The fourth-order valence-electron chi connectivity index (χ4n) is 4.99. The second-order valence-corrected chi connectivity index (χ2v) is 10.3. The van der Waals surface area contributed by atoms with Gasteiger partial charge in [-0.1, -0.05) is 91.0 Å². The average Bonchev–Trinajstić information content (AvgIpc) is 3.05. The average molecular weight is 561 g/mol. The van der Waals surface area contributed by atoms with Crippen LogP contribution in [0.2, 0.25) is 0 Å². The third-order valence-corrected chi connectivity index (χ3v) is 7.33. The van der Waals surface area contributed by atoms with Crippen LogP contribution in [-0.4, -0.2) is 16.8 Å². The van der Waals surface area contributed by atoms with Crippen LogP contribution in [0.25, 0.3) is 0 Å². The highest BCUT2D eigenvalue weighted by Crippen LogP contribution is 2.47. The fraction of sp³-hybridized carbons (Fsp3) is 0.167. The Hall–Kier alpha value is -4.78. The Morgan fingerprint density at radius 2 is 1.12 bits per heavy atom. The molecule has 0 saturated heterocycles. The van der Waals surface area contributed by atoms with Crippen molar-refractivity contribution in [3.63, 3.8) is 0 Å². The minimum absolute atomic E-state index is 0.171. The monoisotopic (exact) mass is 560 g/mol. The molecule has 2 N–H and O–H groups in total. The second kappa shape index (κ2) is 12.4. The summed E-state index contributed by atoms with van der Waals surface area (Å²) in [5.41, 5.74) is 2.17. The van der Waals surface area contributed by atoms with Crippen LogP contribution in [0.4, 0.5) is 0 Å². The van der Waals surface area contributed by atoms with E-state index in [9.17, 15) is 10.2 Å². The van der Waals surface area contributed by atoms with Crippen LogP contribution in [0, 0.1) is 0 Å². The van der Waals surface area contributed by atoms with Crippen LogP contribution in [0.5, 0.6) is 23.0 Å². The van der Waals surface area contributed by atoms with Crippen LogP contribution >= 0.6 is 0 Å². The zero-order valence-electron chi connectivity index (χ0n) is 23.1. The van der Waals surface area contributed by atoms with Crippen molar-refractivity contribution in [3.8, 4) is 23.0 Å². The van der Waals surface area contributed by atoms with Crippen molar-refractivity contribution in [2.45, 2.75) is 31.5 Å². The van der Waals surface area contributed by atoms with Gasteiger partial charge in [0, 0.05) is 23.3 Å². The van der Waals surface area contributed by atoms with E-state index < -0.39 is 11.7 Å². The van der Waals surface area contributed by atoms with Crippen LogP contribution in [0.1, 0.15) is 33.9 Å². The predicted molar refractivity (Wildman–Crippen MR) is 160 cm³/mol. The minimum atomic E-state index is -1.76. The number of aliphatic hydroxyl groups is 2. The van der Waals surface area contributed by atoms with Gasteiger partial charge in [0.2, 0.25) is 0 Å². The molecule has 6 nitrogen and oxygen atoms in total. The second-order valence-electron chi connectivity index (χ2n) is 10.3. The fourth-order valence-corrected chi connectivity index (χ4v) is 4.99. The maximum absolute atomic E-state index is 11.9. The molecule has 0 amide bonds. The molecule has 1 heterocycles. The Kier molecular flexibility index (Phi) is 8.08. The third-order valence-electron chi connectivity index (χ3n) is 7.33. The molecule has 0 saturated carbocycles. The van der Waals surface area contributed by atoms with E-state index >= 15 is 0 Å². The Bertz CT molecular complexity index is 1610. The Labute approximate surface area is 245 Å². The summed E-state index contributed by atoms with van der Waals surface area (Å²) >= 11 is 0. The quantitative estimate of drug-likeness (QED) is 0.197. The molecule has 6 heteroatoms. The molecule has 1 aliphatic rings. The van der Waals surface area contributed by atoms with Crippen molar-refractivity contribution < 1.29 is 29.2 Å². The van der Waals surface area contributed by atoms with E-state index in [1.807, 2.05) is 91.0 Å². The summed E-state index contributed by atoms with van der Waals surface area (Å²) in [6.45, 7) is 0.903. The molecule has 5 aromatic rings. The molecule has 0 aliphatic carbocycles. The van der Waals surface area contributed by atoms with E-state index in [1.165, 1.54) is 0 Å². The molecule has 1 aliphatic heterocycles. The molecule has 5 aromatic carbocycles. The standard InChI is InChI=1S/C36H32O6/c37-35-31-18-16-29(39-22-26-10-4-1-5-11-26)20-33(31)42-25-36(35,38)32-19-17-30(40-23-27-12-6-2-7-13-27)21-34(32)41-24-28-14-8-3-9-15-28/h1-21,35,37-38H,22-25H2/t35-,36+/m0/s1. The molecule has 42 heavy (non-hydrogen) atoms. The first-order valence-corrected chi connectivity index (χ1v) is 13.9. The third kappa shape index (κ3) is 6.10. The number of fused-ring (bicyclic) bond motifs is 1. The molecule has 2 atom stereocenters. The normalized spacial score (nSPS) is 17.5. The lowest BCUT2D eigenvalue weighted by Crippen LogP contribution is -2.43. The Morgan fingerprint density at radius 3 is 1.69 bits per heavy atom. The van der Waals surface area contributed by atoms with Gasteiger partial charge in [0.1, 0.15) is 55.5 Å². The number of rotatable bonds is 10. The van der Waals surface area contributed by atoms with Gasteiger partial charge in [-0.25, -0.2) is 0 Å². The van der Waals surface area contributed by atoms with Gasteiger partial charge in [0.25, 0.3) is 0 Å². The van der Waals surface area contributed by atoms with Crippen molar-refractivity contribution in [1.29, 1.82) is 0 Å². The largest absolute Gasteiger partial charge is 0.490 e. The molecule has 6 rings (SSSR count). The summed E-state index contributed by atoms with van der Waals surface area (Å²) < 4.78 is 24.2. The van der Waals surface area contributed by atoms with Crippen molar-refractivity contribution in [2.75, 3.05) is 6.61 Å². The molecular weight excluding hydrogens is 528 g/mol. The van der Waals surface area contributed by atoms with Gasteiger partial charge in [-0.3, -0.25) is 0 Å². The molecule has 0 radical (unpaired) electrons. The van der Waals surface area contributed by atoms with Crippen molar-refractivity contribution in [1.82, 2.24) is 0 Å². The highest BCUT2D eigenvalue weighted by Gasteiger charge is 2.46. The topological polar surface area (TPSA) is 77.4 Å².